The maximum absolute atomic E-state index is 12.9. The molecule has 0 spiro atoms. The van der Waals surface area contributed by atoms with Crippen molar-refractivity contribution in [2.24, 2.45) is 10.9 Å². The van der Waals surface area contributed by atoms with E-state index in [1.807, 2.05) is 7.05 Å². The van der Waals surface area contributed by atoms with Crippen molar-refractivity contribution in [1.82, 2.24) is 9.80 Å². The molecule has 5 heteroatoms. The second-order valence-electron chi connectivity index (χ2n) is 6.78. The zero-order chi connectivity index (χ0) is 16.7. The van der Waals surface area contributed by atoms with Crippen LogP contribution in [0, 0.1) is 5.92 Å². The number of piperazine rings is 1. The van der Waals surface area contributed by atoms with Crippen molar-refractivity contribution in [2.75, 3.05) is 7.05 Å². The number of amidine groups is 1. The Labute approximate surface area is 143 Å². The van der Waals surface area contributed by atoms with Gasteiger partial charge >= 0.3 is 0 Å². The zero-order valence-electron chi connectivity index (χ0n) is 14.5. The van der Waals surface area contributed by atoms with Crippen LogP contribution in [0.15, 0.2) is 27.5 Å². The van der Waals surface area contributed by atoms with Crippen LogP contribution in [0.2, 0.25) is 0 Å². The van der Waals surface area contributed by atoms with Gasteiger partial charge in [0.2, 0.25) is 5.91 Å². The number of hydrogen-bond donors (Lipinski definition) is 0. The van der Waals surface area contributed by atoms with Crippen LogP contribution in [-0.4, -0.2) is 40.7 Å². The Morgan fingerprint density at radius 2 is 2.09 bits per heavy atom. The third-order valence-electron chi connectivity index (χ3n) is 5.38. The molecule has 23 heavy (non-hydrogen) atoms. The van der Waals surface area contributed by atoms with E-state index < -0.39 is 0 Å². The number of aliphatic imine (C=N–C) groups is 1. The minimum Gasteiger partial charge on any atom is -0.340 e. The van der Waals surface area contributed by atoms with Gasteiger partial charge in [-0.25, -0.2) is 4.99 Å². The molecule has 0 radical (unpaired) electrons. The van der Waals surface area contributed by atoms with Gasteiger partial charge in [-0.2, -0.15) is 0 Å². The van der Waals surface area contributed by atoms with E-state index in [0.717, 1.165) is 36.4 Å². The zero-order valence-corrected chi connectivity index (χ0v) is 15.2. The first-order valence-corrected chi connectivity index (χ1v) is 9.10. The van der Waals surface area contributed by atoms with Gasteiger partial charge in [-0.1, -0.05) is 31.5 Å². The maximum atomic E-state index is 12.9. The molecular weight excluding hydrogens is 310 g/mol. The Kier molecular flexibility index (Phi) is 4.54. The number of fused-ring (bicyclic) bond motifs is 1. The molecule has 3 aliphatic rings. The van der Waals surface area contributed by atoms with E-state index >= 15 is 0 Å². The molecule has 0 aromatic heterocycles. The highest BCUT2D eigenvalue weighted by Gasteiger charge is 2.45. The summed E-state index contributed by atoms with van der Waals surface area (Å²) in [5.74, 6) is 1.72. The smallest absolute Gasteiger partial charge is 0.249 e. The third kappa shape index (κ3) is 2.82. The highest BCUT2D eigenvalue weighted by molar-refractivity contribution is 6.31. The summed E-state index contributed by atoms with van der Waals surface area (Å²) in [6.45, 7) is 6.39. The fourth-order valence-electron chi connectivity index (χ4n) is 3.65. The molecule has 1 aliphatic carbocycles. The lowest BCUT2D eigenvalue weighted by Gasteiger charge is -2.45. The van der Waals surface area contributed by atoms with Gasteiger partial charge in [-0.3, -0.25) is 4.79 Å². The number of halogens is 1. The van der Waals surface area contributed by atoms with Crippen LogP contribution in [0.3, 0.4) is 0 Å². The van der Waals surface area contributed by atoms with Crippen molar-refractivity contribution in [3.8, 4) is 0 Å². The number of rotatable bonds is 4. The summed E-state index contributed by atoms with van der Waals surface area (Å²) in [7, 11) is 1.86. The Morgan fingerprint density at radius 1 is 1.39 bits per heavy atom. The SMILES string of the molecule is CCC1=C(Cl)N=C2C(=CC1)N(C)C(=O)C(CC)N2C(C)C1CC1. The highest BCUT2D eigenvalue weighted by Crippen LogP contribution is 2.39. The molecule has 3 rings (SSSR count). The van der Waals surface area contributed by atoms with Gasteiger partial charge in [0.05, 0.1) is 5.70 Å². The maximum Gasteiger partial charge on any atom is 0.249 e. The predicted molar refractivity (Wildman–Crippen MR) is 94.2 cm³/mol. The topological polar surface area (TPSA) is 35.9 Å². The summed E-state index contributed by atoms with van der Waals surface area (Å²) in [4.78, 5) is 21.6. The molecule has 2 aliphatic heterocycles. The monoisotopic (exact) mass is 335 g/mol. The molecule has 2 fully saturated rings. The largest absolute Gasteiger partial charge is 0.340 e. The summed E-state index contributed by atoms with van der Waals surface area (Å²) in [6, 6.07) is 0.187. The molecule has 2 unspecified atom stereocenters. The fraction of sp³-hybridized carbons (Fsp3) is 0.667. The van der Waals surface area contributed by atoms with Crippen LogP contribution in [0.25, 0.3) is 0 Å². The normalized spacial score (nSPS) is 26.7. The van der Waals surface area contributed by atoms with Crippen molar-refractivity contribution in [1.29, 1.82) is 0 Å². The number of likely N-dealkylation sites (N-methyl/N-ethyl adjacent to an activating group) is 1. The van der Waals surface area contributed by atoms with Gasteiger partial charge in [0.1, 0.15) is 11.2 Å². The molecule has 0 bridgehead atoms. The van der Waals surface area contributed by atoms with Crippen molar-refractivity contribution in [3.63, 3.8) is 0 Å². The second kappa shape index (κ2) is 6.31. The molecular formula is C18H26ClN3O. The van der Waals surface area contributed by atoms with Gasteiger partial charge < -0.3 is 9.80 Å². The quantitative estimate of drug-likeness (QED) is 0.731. The van der Waals surface area contributed by atoms with Gasteiger partial charge in [0, 0.05) is 13.1 Å². The number of hydrogen-bond acceptors (Lipinski definition) is 3. The Balaban J connectivity index is 2.09. The van der Waals surface area contributed by atoms with Gasteiger partial charge in [0.25, 0.3) is 0 Å². The van der Waals surface area contributed by atoms with E-state index in [-0.39, 0.29) is 11.9 Å². The average Bonchev–Trinajstić information content (AvgIpc) is 3.37. The van der Waals surface area contributed by atoms with Crippen LogP contribution < -0.4 is 0 Å². The van der Waals surface area contributed by atoms with Crippen molar-refractivity contribution in [3.05, 3.63) is 22.5 Å². The van der Waals surface area contributed by atoms with Gasteiger partial charge in [-0.15, -0.1) is 0 Å². The van der Waals surface area contributed by atoms with E-state index in [4.69, 9.17) is 16.6 Å². The number of nitrogens with zero attached hydrogens (tertiary/aromatic N) is 3. The Bertz CT molecular complexity index is 603. The molecule has 0 aromatic carbocycles. The molecule has 2 atom stereocenters. The molecule has 4 nitrogen and oxygen atoms in total. The van der Waals surface area contributed by atoms with Crippen molar-refractivity contribution in [2.45, 2.75) is 65.0 Å². The van der Waals surface area contributed by atoms with Crippen LogP contribution in [0.4, 0.5) is 0 Å². The number of allylic oxidation sites excluding steroid dienone is 2. The lowest BCUT2D eigenvalue weighted by Crippen LogP contribution is -2.60. The first-order valence-electron chi connectivity index (χ1n) is 8.72. The molecule has 126 valence electrons. The third-order valence-corrected chi connectivity index (χ3v) is 5.73. The van der Waals surface area contributed by atoms with E-state index in [1.54, 1.807) is 4.90 Å². The van der Waals surface area contributed by atoms with E-state index in [2.05, 4.69) is 31.7 Å². The summed E-state index contributed by atoms with van der Waals surface area (Å²) >= 11 is 6.48. The summed E-state index contributed by atoms with van der Waals surface area (Å²) in [5, 5.41) is 0.597. The number of carbonyl (C=O) groups is 1. The predicted octanol–water partition coefficient (Wildman–Crippen LogP) is 3.88. The van der Waals surface area contributed by atoms with Crippen molar-refractivity contribution < 1.29 is 4.79 Å². The first-order chi connectivity index (χ1) is 11.0. The standard InChI is InChI=1S/C18H26ClN3O/c1-5-12-9-10-15-17(20-16(12)19)22(11(3)13-7-8-13)14(6-2)18(23)21(15)4/h10-11,13-14H,5-9H2,1-4H3. The molecule has 0 aromatic rings. The molecule has 1 saturated heterocycles. The Morgan fingerprint density at radius 3 is 2.65 bits per heavy atom. The van der Waals surface area contributed by atoms with Crippen molar-refractivity contribution >= 4 is 23.3 Å². The number of carbonyl (C=O) groups excluding carboxylic acids is 1. The fourth-order valence-corrected chi connectivity index (χ4v) is 3.95. The second-order valence-corrected chi connectivity index (χ2v) is 7.14. The molecule has 2 heterocycles. The van der Waals surface area contributed by atoms with Crippen LogP contribution in [0.1, 0.15) is 52.9 Å². The van der Waals surface area contributed by atoms with Crippen LogP contribution >= 0.6 is 11.6 Å². The molecule has 1 amide bonds. The van der Waals surface area contributed by atoms with Gasteiger partial charge in [0.15, 0.2) is 5.84 Å². The summed E-state index contributed by atoms with van der Waals surface area (Å²) in [5.41, 5.74) is 2.04. The molecule has 1 saturated carbocycles. The van der Waals surface area contributed by atoms with Crippen LogP contribution in [-0.2, 0) is 4.79 Å². The first kappa shape index (κ1) is 16.6. The van der Waals surface area contributed by atoms with Crippen LogP contribution in [0.5, 0.6) is 0 Å². The minimum atomic E-state index is -0.140. The van der Waals surface area contributed by atoms with Gasteiger partial charge in [-0.05, 0) is 50.5 Å². The van der Waals surface area contributed by atoms with E-state index in [9.17, 15) is 4.79 Å². The highest BCUT2D eigenvalue weighted by atomic mass is 35.5. The average molecular weight is 336 g/mol. The van der Waals surface area contributed by atoms with E-state index in [0.29, 0.717) is 17.1 Å². The van der Waals surface area contributed by atoms with E-state index in [1.165, 1.54) is 12.8 Å². The summed E-state index contributed by atoms with van der Waals surface area (Å²) < 4.78 is 0. The molecule has 0 N–H and O–H groups in total. The lowest BCUT2D eigenvalue weighted by molar-refractivity contribution is -0.134. The summed E-state index contributed by atoms with van der Waals surface area (Å²) in [6.07, 6.45) is 7.03. The number of amides is 1. The lowest BCUT2D eigenvalue weighted by atomic mass is 10.0. The Hall–Kier alpha value is -1.29. The minimum absolute atomic E-state index is 0.140.